The molecule has 2 rings (SSSR count). The number of ether oxygens (including phenoxy) is 1. The number of carbonyl (C=O) groups excluding carboxylic acids is 1. The lowest BCUT2D eigenvalue weighted by molar-refractivity contribution is -0.115. The third-order valence-corrected chi connectivity index (χ3v) is 2.85. The van der Waals surface area contributed by atoms with Gasteiger partial charge in [-0.2, -0.15) is 4.98 Å². The molecule has 6 heteroatoms. The van der Waals surface area contributed by atoms with Gasteiger partial charge in [-0.15, -0.1) is 5.10 Å². The number of benzene rings is 1. The highest BCUT2D eigenvalue weighted by Crippen LogP contribution is 2.12. The van der Waals surface area contributed by atoms with Crippen molar-refractivity contribution in [1.82, 2.24) is 15.2 Å². The van der Waals surface area contributed by atoms with Gasteiger partial charge >= 0.3 is 6.01 Å². The first-order valence-electron chi connectivity index (χ1n) is 6.49. The van der Waals surface area contributed by atoms with Crippen LogP contribution in [0.25, 0.3) is 0 Å². The number of rotatable bonds is 5. The van der Waals surface area contributed by atoms with Crippen LogP contribution < -0.4 is 10.1 Å². The zero-order valence-electron chi connectivity index (χ0n) is 11.9. The zero-order chi connectivity index (χ0) is 14.5. The van der Waals surface area contributed by atoms with Gasteiger partial charge in [-0.05, 0) is 31.9 Å². The molecule has 0 radical (unpaired) electrons. The number of aromatic nitrogens is 3. The molecule has 0 bridgehead atoms. The summed E-state index contributed by atoms with van der Waals surface area (Å²) in [7, 11) is 0. The molecular weight excluding hydrogens is 256 g/mol. The fourth-order valence-electron chi connectivity index (χ4n) is 1.84. The third kappa shape index (κ3) is 3.57. The van der Waals surface area contributed by atoms with Crippen LogP contribution in [-0.2, 0) is 11.2 Å². The Hall–Kier alpha value is -2.37. The van der Waals surface area contributed by atoms with Crippen molar-refractivity contribution >= 4 is 11.9 Å². The largest absolute Gasteiger partial charge is 0.463 e. The summed E-state index contributed by atoms with van der Waals surface area (Å²) in [5.41, 5.74) is 3.24. The Morgan fingerprint density at radius 3 is 2.95 bits per heavy atom. The highest BCUT2D eigenvalue weighted by atomic mass is 16.5. The second-order valence-electron chi connectivity index (χ2n) is 4.55. The predicted molar refractivity (Wildman–Crippen MR) is 75.8 cm³/mol. The van der Waals surface area contributed by atoms with Gasteiger partial charge in [-0.1, -0.05) is 23.8 Å². The van der Waals surface area contributed by atoms with Crippen molar-refractivity contribution in [1.29, 1.82) is 0 Å². The van der Waals surface area contributed by atoms with E-state index in [4.69, 9.17) is 4.74 Å². The summed E-state index contributed by atoms with van der Waals surface area (Å²) in [6.45, 7) is 6.32. The van der Waals surface area contributed by atoms with Crippen molar-refractivity contribution in [3.63, 3.8) is 0 Å². The topological polar surface area (TPSA) is 79.9 Å². The van der Waals surface area contributed by atoms with Crippen molar-refractivity contribution in [2.45, 2.75) is 27.2 Å². The molecule has 106 valence electrons. The Balaban J connectivity index is 1.99. The summed E-state index contributed by atoms with van der Waals surface area (Å²) in [6, 6.07) is 6.29. The van der Waals surface area contributed by atoms with E-state index in [1.165, 1.54) is 0 Å². The van der Waals surface area contributed by atoms with Crippen LogP contribution in [0.2, 0.25) is 0 Å². The highest BCUT2D eigenvalue weighted by molar-refractivity contribution is 5.90. The van der Waals surface area contributed by atoms with E-state index in [2.05, 4.69) is 20.5 Å². The number of hydrogen-bond acceptors (Lipinski definition) is 4. The molecule has 1 aromatic heterocycles. The van der Waals surface area contributed by atoms with Gasteiger partial charge in [-0.25, -0.2) is 5.10 Å². The van der Waals surface area contributed by atoms with E-state index >= 15 is 0 Å². The van der Waals surface area contributed by atoms with E-state index in [-0.39, 0.29) is 11.9 Å². The van der Waals surface area contributed by atoms with Gasteiger partial charge in [0.25, 0.3) is 0 Å². The maximum Gasteiger partial charge on any atom is 0.337 e. The maximum atomic E-state index is 12.0. The lowest BCUT2D eigenvalue weighted by atomic mass is 10.0. The lowest BCUT2D eigenvalue weighted by Crippen LogP contribution is -2.16. The van der Waals surface area contributed by atoms with E-state index < -0.39 is 0 Å². The van der Waals surface area contributed by atoms with Crippen molar-refractivity contribution in [3.05, 3.63) is 34.9 Å². The molecule has 2 aromatic rings. The molecule has 20 heavy (non-hydrogen) atoms. The molecule has 0 fully saturated rings. The average Bonchev–Trinajstić information content (AvgIpc) is 2.81. The summed E-state index contributed by atoms with van der Waals surface area (Å²) in [5.74, 6) is 0.154. The second kappa shape index (κ2) is 6.18. The van der Waals surface area contributed by atoms with Crippen LogP contribution in [0.3, 0.4) is 0 Å². The first-order chi connectivity index (χ1) is 9.58. The molecule has 1 amide bonds. The van der Waals surface area contributed by atoms with Gasteiger partial charge in [0.1, 0.15) is 0 Å². The van der Waals surface area contributed by atoms with Gasteiger partial charge in [-0.3, -0.25) is 10.1 Å². The fourth-order valence-corrected chi connectivity index (χ4v) is 1.84. The number of aromatic amines is 1. The average molecular weight is 274 g/mol. The van der Waals surface area contributed by atoms with Crippen molar-refractivity contribution < 1.29 is 9.53 Å². The molecule has 0 saturated heterocycles. The lowest BCUT2D eigenvalue weighted by Gasteiger charge is -2.06. The first-order valence-corrected chi connectivity index (χ1v) is 6.49. The molecule has 2 N–H and O–H groups in total. The SMILES string of the molecule is CCOc1n[nH]c(NC(=O)Cc2cc(C)ccc2C)n1. The molecule has 1 heterocycles. The molecule has 0 aliphatic heterocycles. The molecule has 0 aliphatic rings. The Bertz CT molecular complexity index is 607. The summed E-state index contributed by atoms with van der Waals surface area (Å²) in [5, 5.41) is 9.11. The summed E-state index contributed by atoms with van der Waals surface area (Å²) >= 11 is 0. The first kappa shape index (κ1) is 14.0. The monoisotopic (exact) mass is 274 g/mol. The second-order valence-corrected chi connectivity index (χ2v) is 4.55. The summed E-state index contributed by atoms with van der Waals surface area (Å²) < 4.78 is 5.12. The van der Waals surface area contributed by atoms with Crippen LogP contribution in [0, 0.1) is 13.8 Å². The van der Waals surface area contributed by atoms with E-state index in [1.807, 2.05) is 39.0 Å². The maximum absolute atomic E-state index is 12.0. The Kier molecular flexibility index (Phi) is 4.34. The van der Waals surface area contributed by atoms with Crippen LogP contribution in [0.4, 0.5) is 5.95 Å². The molecule has 1 aromatic carbocycles. The quantitative estimate of drug-likeness (QED) is 0.874. The number of amides is 1. The van der Waals surface area contributed by atoms with Crippen LogP contribution in [0.15, 0.2) is 18.2 Å². The normalized spacial score (nSPS) is 10.3. The zero-order valence-corrected chi connectivity index (χ0v) is 11.9. The molecule has 0 unspecified atom stereocenters. The van der Waals surface area contributed by atoms with Gasteiger partial charge < -0.3 is 4.74 Å². The van der Waals surface area contributed by atoms with Crippen LogP contribution in [0.1, 0.15) is 23.6 Å². The molecular formula is C14H18N4O2. The number of aryl methyl sites for hydroxylation is 2. The minimum Gasteiger partial charge on any atom is -0.463 e. The van der Waals surface area contributed by atoms with E-state index in [9.17, 15) is 4.79 Å². The predicted octanol–water partition coefficient (Wildman–Crippen LogP) is 2.00. The fraction of sp³-hybridized carbons (Fsp3) is 0.357. The Morgan fingerprint density at radius 2 is 2.20 bits per heavy atom. The number of H-pyrrole nitrogens is 1. The molecule has 0 spiro atoms. The third-order valence-electron chi connectivity index (χ3n) is 2.85. The van der Waals surface area contributed by atoms with Crippen molar-refractivity contribution in [3.8, 4) is 6.01 Å². The van der Waals surface area contributed by atoms with Crippen LogP contribution >= 0.6 is 0 Å². The van der Waals surface area contributed by atoms with E-state index in [1.54, 1.807) is 0 Å². The summed E-state index contributed by atoms with van der Waals surface area (Å²) in [4.78, 5) is 16.0. The van der Waals surface area contributed by atoms with Crippen LogP contribution in [0.5, 0.6) is 6.01 Å². The number of carbonyl (C=O) groups is 1. The van der Waals surface area contributed by atoms with E-state index in [0.29, 0.717) is 19.0 Å². The van der Waals surface area contributed by atoms with Gasteiger partial charge in [0.05, 0.1) is 13.0 Å². The Morgan fingerprint density at radius 1 is 1.40 bits per heavy atom. The van der Waals surface area contributed by atoms with E-state index in [0.717, 1.165) is 16.7 Å². The van der Waals surface area contributed by atoms with Crippen molar-refractivity contribution in [2.24, 2.45) is 0 Å². The smallest absolute Gasteiger partial charge is 0.337 e. The van der Waals surface area contributed by atoms with Crippen molar-refractivity contribution in [2.75, 3.05) is 11.9 Å². The van der Waals surface area contributed by atoms with Crippen LogP contribution in [-0.4, -0.2) is 27.7 Å². The standard InChI is InChI=1S/C14H18N4O2/c1-4-20-14-16-13(17-18-14)15-12(19)8-11-7-9(2)5-6-10(11)3/h5-7H,4,8H2,1-3H3,(H2,15,16,17,18,19). The van der Waals surface area contributed by atoms with Gasteiger partial charge in [0.15, 0.2) is 0 Å². The Labute approximate surface area is 117 Å². The number of hydrogen-bond donors (Lipinski definition) is 2. The van der Waals surface area contributed by atoms with Gasteiger partial charge in [0.2, 0.25) is 11.9 Å². The molecule has 0 saturated carbocycles. The number of nitrogens with one attached hydrogen (secondary N) is 2. The highest BCUT2D eigenvalue weighted by Gasteiger charge is 2.10. The molecule has 0 aliphatic carbocycles. The summed E-state index contributed by atoms with van der Waals surface area (Å²) in [6.07, 6.45) is 0.304. The molecule has 6 nitrogen and oxygen atoms in total. The molecule has 0 atom stereocenters. The van der Waals surface area contributed by atoms with Gasteiger partial charge in [0, 0.05) is 0 Å². The minimum atomic E-state index is -0.141. The number of anilines is 1. The minimum absolute atomic E-state index is 0.141. The number of nitrogens with zero attached hydrogens (tertiary/aromatic N) is 2.